The van der Waals surface area contributed by atoms with E-state index in [0.717, 1.165) is 5.69 Å². The number of para-hydroxylation sites is 1. The molecule has 1 aromatic carbocycles. The van der Waals surface area contributed by atoms with Crippen molar-refractivity contribution in [3.05, 3.63) is 53.2 Å². The van der Waals surface area contributed by atoms with Gasteiger partial charge in [0.05, 0.1) is 6.20 Å². The van der Waals surface area contributed by atoms with E-state index in [1.54, 1.807) is 11.9 Å². The zero-order valence-electron chi connectivity index (χ0n) is 13.0. The normalized spacial score (nSPS) is 10.9. The number of aryl methyl sites for hydroxylation is 1. The van der Waals surface area contributed by atoms with Gasteiger partial charge in [0.25, 0.3) is 5.56 Å². The number of hydrogen-bond acceptors (Lipinski definition) is 4. The molecule has 7 nitrogen and oxygen atoms in total. The molecule has 0 aliphatic rings. The molecule has 2 heterocycles. The van der Waals surface area contributed by atoms with Crippen LogP contribution in [0.25, 0.3) is 11.0 Å². The number of anilines is 1. The predicted molar refractivity (Wildman–Crippen MR) is 87.2 cm³/mol. The highest BCUT2D eigenvalue weighted by Gasteiger charge is 2.16. The van der Waals surface area contributed by atoms with Crippen LogP contribution in [-0.4, -0.2) is 31.8 Å². The molecule has 118 valence electrons. The molecular formula is C16H17N5O2. The summed E-state index contributed by atoms with van der Waals surface area (Å²) in [7, 11) is 1.72. The monoisotopic (exact) mass is 311 g/mol. The molecule has 0 radical (unpaired) electrons. The number of nitrogens with zero attached hydrogens (tertiary/aromatic N) is 5. The van der Waals surface area contributed by atoms with Crippen LogP contribution in [-0.2, 0) is 18.4 Å². The minimum atomic E-state index is -0.263. The maximum Gasteiger partial charge on any atom is 0.264 e. The minimum absolute atomic E-state index is 0.0561. The number of aromatic nitrogens is 4. The summed E-state index contributed by atoms with van der Waals surface area (Å²) in [4.78, 5) is 30.8. The summed E-state index contributed by atoms with van der Waals surface area (Å²) in [6.07, 6.45) is 2.86. The quantitative estimate of drug-likeness (QED) is 0.725. The Balaban J connectivity index is 1.90. The SMILES string of the molecule is CCN(C(=O)Cn1cnc2c(cnn2C)c1=O)c1ccccc1. The van der Waals surface area contributed by atoms with Gasteiger partial charge in [0.1, 0.15) is 18.3 Å². The van der Waals surface area contributed by atoms with Crippen LogP contribution < -0.4 is 10.5 Å². The maximum absolute atomic E-state index is 12.6. The van der Waals surface area contributed by atoms with Gasteiger partial charge in [0.15, 0.2) is 5.65 Å². The van der Waals surface area contributed by atoms with Crippen LogP contribution in [0.2, 0.25) is 0 Å². The molecular weight excluding hydrogens is 294 g/mol. The molecule has 3 aromatic rings. The summed E-state index contributed by atoms with van der Waals surface area (Å²) in [6, 6.07) is 9.38. The summed E-state index contributed by atoms with van der Waals surface area (Å²) < 4.78 is 2.85. The average Bonchev–Trinajstić information content (AvgIpc) is 2.94. The van der Waals surface area contributed by atoms with Gasteiger partial charge < -0.3 is 4.90 Å². The molecule has 0 spiro atoms. The van der Waals surface area contributed by atoms with Crippen molar-refractivity contribution < 1.29 is 4.79 Å². The molecule has 0 aliphatic heterocycles. The number of benzene rings is 1. The fourth-order valence-corrected chi connectivity index (χ4v) is 2.52. The Labute approximate surface area is 132 Å². The predicted octanol–water partition coefficient (Wildman–Crippen LogP) is 1.18. The molecule has 0 atom stereocenters. The first-order valence-corrected chi connectivity index (χ1v) is 7.34. The first-order chi connectivity index (χ1) is 11.1. The van der Waals surface area contributed by atoms with Gasteiger partial charge in [-0.15, -0.1) is 0 Å². The van der Waals surface area contributed by atoms with Crippen molar-refractivity contribution in [1.82, 2.24) is 19.3 Å². The van der Waals surface area contributed by atoms with E-state index in [-0.39, 0.29) is 18.0 Å². The lowest BCUT2D eigenvalue weighted by Crippen LogP contribution is -2.36. The Hall–Kier alpha value is -2.96. The number of amides is 1. The highest BCUT2D eigenvalue weighted by molar-refractivity contribution is 5.93. The van der Waals surface area contributed by atoms with Crippen molar-refractivity contribution in [2.45, 2.75) is 13.5 Å². The number of likely N-dealkylation sites (N-methyl/N-ethyl adjacent to an activating group) is 1. The molecule has 2 aromatic heterocycles. The topological polar surface area (TPSA) is 73.0 Å². The lowest BCUT2D eigenvalue weighted by molar-refractivity contribution is -0.119. The fraction of sp³-hybridized carbons (Fsp3) is 0.250. The lowest BCUT2D eigenvalue weighted by Gasteiger charge is -2.21. The van der Waals surface area contributed by atoms with Crippen molar-refractivity contribution in [3.63, 3.8) is 0 Å². The van der Waals surface area contributed by atoms with E-state index in [2.05, 4.69) is 10.1 Å². The van der Waals surface area contributed by atoms with E-state index in [1.165, 1.54) is 21.8 Å². The number of hydrogen-bond donors (Lipinski definition) is 0. The molecule has 3 rings (SSSR count). The number of fused-ring (bicyclic) bond motifs is 1. The zero-order valence-corrected chi connectivity index (χ0v) is 13.0. The number of carbonyl (C=O) groups excluding carboxylic acids is 1. The minimum Gasteiger partial charge on any atom is -0.311 e. The molecule has 0 saturated heterocycles. The van der Waals surface area contributed by atoms with Gasteiger partial charge in [-0.2, -0.15) is 5.10 Å². The van der Waals surface area contributed by atoms with Crippen LogP contribution in [0, 0.1) is 0 Å². The summed E-state index contributed by atoms with van der Waals surface area (Å²) in [5.41, 5.74) is 1.05. The zero-order chi connectivity index (χ0) is 16.4. The first-order valence-electron chi connectivity index (χ1n) is 7.34. The van der Waals surface area contributed by atoms with Crippen molar-refractivity contribution in [3.8, 4) is 0 Å². The van der Waals surface area contributed by atoms with E-state index in [4.69, 9.17) is 0 Å². The number of carbonyl (C=O) groups is 1. The van der Waals surface area contributed by atoms with Crippen LogP contribution in [0.5, 0.6) is 0 Å². The van der Waals surface area contributed by atoms with Crippen molar-refractivity contribution in [2.24, 2.45) is 7.05 Å². The van der Waals surface area contributed by atoms with Crippen LogP contribution in [0.4, 0.5) is 5.69 Å². The van der Waals surface area contributed by atoms with E-state index in [1.807, 2.05) is 37.3 Å². The molecule has 23 heavy (non-hydrogen) atoms. The van der Waals surface area contributed by atoms with Gasteiger partial charge >= 0.3 is 0 Å². The van der Waals surface area contributed by atoms with Gasteiger partial charge in [0, 0.05) is 19.3 Å². The molecule has 0 aliphatic carbocycles. The van der Waals surface area contributed by atoms with Crippen LogP contribution >= 0.6 is 0 Å². The molecule has 0 N–H and O–H groups in total. The molecule has 0 bridgehead atoms. The largest absolute Gasteiger partial charge is 0.311 e. The molecule has 0 unspecified atom stereocenters. The Bertz CT molecular complexity index is 898. The first kappa shape index (κ1) is 15.0. The second-order valence-electron chi connectivity index (χ2n) is 5.16. The lowest BCUT2D eigenvalue weighted by atomic mass is 10.3. The van der Waals surface area contributed by atoms with Crippen LogP contribution in [0.15, 0.2) is 47.7 Å². The van der Waals surface area contributed by atoms with Gasteiger partial charge in [-0.1, -0.05) is 18.2 Å². The Morgan fingerprint density at radius 3 is 2.70 bits per heavy atom. The third-order valence-electron chi connectivity index (χ3n) is 3.71. The van der Waals surface area contributed by atoms with Crippen molar-refractivity contribution in [2.75, 3.05) is 11.4 Å². The van der Waals surface area contributed by atoms with Gasteiger partial charge in [0.2, 0.25) is 5.91 Å². The Morgan fingerprint density at radius 2 is 2.00 bits per heavy atom. The van der Waals surface area contributed by atoms with Crippen LogP contribution in [0.3, 0.4) is 0 Å². The smallest absolute Gasteiger partial charge is 0.264 e. The van der Waals surface area contributed by atoms with E-state index < -0.39 is 0 Å². The second kappa shape index (κ2) is 6.04. The van der Waals surface area contributed by atoms with Gasteiger partial charge in [-0.3, -0.25) is 18.8 Å². The Kier molecular flexibility index (Phi) is 3.92. The molecule has 0 fully saturated rings. The average molecular weight is 311 g/mol. The third-order valence-corrected chi connectivity index (χ3v) is 3.71. The van der Waals surface area contributed by atoms with Crippen molar-refractivity contribution >= 4 is 22.6 Å². The highest BCUT2D eigenvalue weighted by atomic mass is 16.2. The summed E-state index contributed by atoms with van der Waals surface area (Å²) in [6.45, 7) is 2.37. The molecule has 0 saturated carbocycles. The van der Waals surface area contributed by atoms with Gasteiger partial charge in [-0.05, 0) is 19.1 Å². The molecule has 1 amide bonds. The van der Waals surface area contributed by atoms with E-state index in [0.29, 0.717) is 17.6 Å². The number of rotatable bonds is 4. The highest BCUT2D eigenvalue weighted by Crippen LogP contribution is 2.13. The Morgan fingerprint density at radius 1 is 1.26 bits per heavy atom. The van der Waals surface area contributed by atoms with Crippen LogP contribution in [0.1, 0.15) is 6.92 Å². The third kappa shape index (κ3) is 2.73. The standard InChI is InChI=1S/C16H17N5O2/c1-3-21(12-7-5-4-6-8-12)14(22)10-20-11-17-15-13(16(20)23)9-18-19(15)2/h4-9,11H,3,10H2,1-2H3. The fourth-order valence-electron chi connectivity index (χ4n) is 2.52. The summed E-state index contributed by atoms with van der Waals surface area (Å²) in [5, 5.41) is 4.43. The molecule has 7 heteroatoms. The van der Waals surface area contributed by atoms with E-state index in [9.17, 15) is 9.59 Å². The van der Waals surface area contributed by atoms with E-state index >= 15 is 0 Å². The second-order valence-corrected chi connectivity index (χ2v) is 5.16. The maximum atomic E-state index is 12.6. The van der Waals surface area contributed by atoms with Gasteiger partial charge in [-0.25, -0.2) is 4.98 Å². The summed E-state index contributed by atoms with van der Waals surface area (Å²) in [5.74, 6) is -0.161. The summed E-state index contributed by atoms with van der Waals surface area (Å²) >= 11 is 0. The van der Waals surface area contributed by atoms with Crippen molar-refractivity contribution in [1.29, 1.82) is 0 Å².